The Bertz CT molecular complexity index is 186. The smallest absolute Gasteiger partial charge is 0.166 e. The first kappa shape index (κ1) is 16.6. The molecule has 102 valence electrons. The molecule has 0 unspecified atom stereocenters. The number of hydrogen-bond acceptors (Lipinski definition) is 2. The molecule has 2 N–H and O–H groups in total. The van der Waals surface area contributed by atoms with Gasteiger partial charge in [0.05, 0.1) is 6.61 Å². The summed E-state index contributed by atoms with van der Waals surface area (Å²) in [6.07, 6.45) is 6.53. The van der Waals surface area contributed by atoms with Crippen LogP contribution in [0.2, 0.25) is 0 Å². The van der Waals surface area contributed by atoms with Crippen molar-refractivity contribution in [3.05, 3.63) is 0 Å². The molecule has 0 radical (unpaired) electrons. The highest BCUT2D eigenvalue weighted by Gasteiger charge is 1.96. The first-order chi connectivity index (χ1) is 8.16. The molecule has 0 aromatic heterocycles. The molecule has 17 heavy (non-hydrogen) atoms. The number of hydrogen-bond donors (Lipinski definition) is 2. The van der Waals surface area contributed by atoms with E-state index in [1.807, 2.05) is 0 Å². The van der Waals surface area contributed by atoms with Crippen LogP contribution in [-0.4, -0.2) is 31.9 Å². The van der Waals surface area contributed by atoms with E-state index in [-0.39, 0.29) is 0 Å². The van der Waals surface area contributed by atoms with E-state index in [1.165, 1.54) is 32.1 Å². The fraction of sp³-hybridized carbons (Fsp3) is 0.923. The SMILES string of the molecule is COCCNC(=S)NCCCCCCC(C)C. The van der Waals surface area contributed by atoms with Crippen LogP contribution in [0.5, 0.6) is 0 Å². The quantitative estimate of drug-likeness (QED) is 0.467. The largest absolute Gasteiger partial charge is 0.383 e. The van der Waals surface area contributed by atoms with Crippen molar-refractivity contribution in [2.24, 2.45) is 5.92 Å². The van der Waals surface area contributed by atoms with Crippen LogP contribution in [0, 0.1) is 5.92 Å². The number of unbranched alkanes of at least 4 members (excludes halogenated alkanes) is 3. The highest BCUT2D eigenvalue weighted by molar-refractivity contribution is 7.80. The van der Waals surface area contributed by atoms with Gasteiger partial charge in [-0.25, -0.2) is 0 Å². The third kappa shape index (κ3) is 13.6. The van der Waals surface area contributed by atoms with Gasteiger partial charge in [0.15, 0.2) is 5.11 Å². The van der Waals surface area contributed by atoms with E-state index < -0.39 is 0 Å². The van der Waals surface area contributed by atoms with E-state index in [4.69, 9.17) is 17.0 Å². The van der Waals surface area contributed by atoms with Crippen molar-refractivity contribution < 1.29 is 4.74 Å². The Hall–Kier alpha value is -0.350. The van der Waals surface area contributed by atoms with Gasteiger partial charge in [0.2, 0.25) is 0 Å². The standard InChI is InChI=1S/C13H28N2OS/c1-12(2)8-6-4-5-7-9-14-13(17)15-10-11-16-3/h12H,4-11H2,1-3H3,(H2,14,15,17). The van der Waals surface area contributed by atoms with Crippen molar-refractivity contribution in [3.63, 3.8) is 0 Å². The second-order valence-corrected chi connectivity index (χ2v) is 5.18. The van der Waals surface area contributed by atoms with Gasteiger partial charge in [-0.2, -0.15) is 0 Å². The van der Waals surface area contributed by atoms with Gasteiger partial charge in [0.25, 0.3) is 0 Å². The third-order valence-corrected chi connectivity index (χ3v) is 2.87. The topological polar surface area (TPSA) is 33.3 Å². The molecule has 0 spiro atoms. The van der Waals surface area contributed by atoms with E-state index in [9.17, 15) is 0 Å². The van der Waals surface area contributed by atoms with Crippen molar-refractivity contribution in [2.45, 2.75) is 46.0 Å². The van der Waals surface area contributed by atoms with Crippen LogP contribution in [0.15, 0.2) is 0 Å². The molecular weight excluding hydrogens is 232 g/mol. The number of thiocarbonyl (C=S) groups is 1. The normalized spacial score (nSPS) is 10.6. The van der Waals surface area contributed by atoms with Gasteiger partial charge in [0, 0.05) is 20.2 Å². The van der Waals surface area contributed by atoms with Crippen LogP contribution in [0.3, 0.4) is 0 Å². The number of methoxy groups -OCH3 is 1. The van der Waals surface area contributed by atoms with E-state index in [1.54, 1.807) is 7.11 Å². The Morgan fingerprint density at radius 2 is 1.71 bits per heavy atom. The lowest BCUT2D eigenvalue weighted by atomic mass is 10.0. The molecule has 0 aromatic carbocycles. The first-order valence-corrected chi connectivity index (χ1v) is 7.08. The molecule has 0 saturated heterocycles. The lowest BCUT2D eigenvalue weighted by Crippen LogP contribution is -2.37. The van der Waals surface area contributed by atoms with Crippen molar-refractivity contribution in [1.29, 1.82) is 0 Å². The van der Waals surface area contributed by atoms with Crippen LogP contribution in [0.1, 0.15) is 46.0 Å². The lowest BCUT2D eigenvalue weighted by molar-refractivity contribution is 0.204. The van der Waals surface area contributed by atoms with E-state index in [2.05, 4.69) is 24.5 Å². The zero-order chi connectivity index (χ0) is 12.9. The van der Waals surface area contributed by atoms with Crippen molar-refractivity contribution >= 4 is 17.3 Å². The molecule has 0 aliphatic rings. The monoisotopic (exact) mass is 260 g/mol. The summed E-state index contributed by atoms with van der Waals surface area (Å²) in [5.41, 5.74) is 0. The molecule has 4 heteroatoms. The van der Waals surface area contributed by atoms with Gasteiger partial charge in [-0.15, -0.1) is 0 Å². The average molecular weight is 260 g/mol. The summed E-state index contributed by atoms with van der Waals surface area (Å²) in [6.45, 7) is 7.01. The molecule has 0 atom stereocenters. The highest BCUT2D eigenvalue weighted by atomic mass is 32.1. The van der Waals surface area contributed by atoms with Crippen molar-refractivity contribution in [3.8, 4) is 0 Å². The minimum absolute atomic E-state index is 0.691. The van der Waals surface area contributed by atoms with Crippen LogP contribution < -0.4 is 10.6 Å². The Labute approximate surface area is 112 Å². The summed E-state index contributed by atoms with van der Waals surface area (Å²) in [7, 11) is 1.69. The maximum atomic E-state index is 5.12. The van der Waals surface area contributed by atoms with Crippen molar-refractivity contribution in [1.82, 2.24) is 10.6 Å². The highest BCUT2D eigenvalue weighted by Crippen LogP contribution is 2.08. The zero-order valence-electron chi connectivity index (χ0n) is 11.6. The number of ether oxygens (including phenoxy) is 1. The third-order valence-electron chi connectivity index (χ3n) is 2.59. The minimum Gasteiger partial charge on any atom is -0.383 e. The Balaban J connectivity index is 3.14. The Kier molecular flexibility index (Phi) is 11.9. The minimum atomic E-state index is 0.691. The molecule has 0 saturated carbocycles. The second kappa shape index (κ2) is 12.1. The fourth-order valence-corrected chi connectivity index (χ4v) is 1.77. The Morgan fingerprint density at radius 1 is 1.06 bits per heavy atom. The molecule has 0 heterocycles. The molecule has 0 bridgehead atoms. The van der Waals surface area contributed by atoms with Crippen LogP contribution >= 0.6 is 12.2 Å². The van der Waals surface area contributed by atoms with Gasteiger partial charge in [-0.3, -0.25) is 0 Å². The summed E-state index contributed by atoms with van der Waals surface area (Å²) in [4.78, 5) is 0. The van der Waals surface area contributed by atoms with Crippen LogP contribution in [-0.2, 0) is 4.74 Å². The van der Waals surface area contributed by atoms with Crippen LogP contribution in [0.4, 0.5) is 0 Å². The van der Waals surface area contributed by atoms with Gasteiger partial charge in [-0.05, 0) is 24.6 Å². The molecular formula is C13H28N2OS. The molecule has 0 fully saturated rings. The summed E-state index contributed by atoms with van der Waals surface area (Å²) in [5.74, 6) is 0.839. The van der Waals surface area contributed by atoms with E-state index in [0.717, 1.165) is 24.1 Å². The van der Waals surface area contributed by atoms with Gasteiger partial charge < -0.3 is 15.4 Å². The number of nitrogens with one attached hydrogen (secondary N) is 2. The van der Waals surface area contributed by atoms with Gasteiger partial charge in [-0.1, -0.05) is 39.5 Å². The lowest BCUT2D eigenvalue weighted by Gasteiger charge is -2.10. The predicted octanol–water partition coefficient (Wildman–Crippen LogP) is 2.70. The first-order valence-electron chi connectivity index (χ1n) is 6.67. The molecule has 0 rings (SSSR count). The Morgan fingerprint density at radius 3 is 2.35 bits per heavy atom. The second-order valence-electron chi connectivity index (χ2n) is 4.77. The molecule has 0 aliphatic heterocycles. The van der Waals surface area contributed by atoms with Crippen LogP contribution in [0.25, 0.3) is 0 Å². The summed E-state index contributed by atoms with van der Waals surface area (Å²) < 4.78 is 4.93. The molecule has 0 amide bonds. The maximum Gasteiger partial charge on any atom is 0.166 e. The molecule has 0 aromatic rings. The van der Waals surface area contributed by atoms with E-state index >= 15 is 0 Å². The molecule has 0 aliphatic carbocycles. The van der Waals surface area contributed by atoms with Gasteiger partial charge in [0.1, 0.15) is 0 Å². The summed E-state index contributed by atoms with van der Waals surface area (Å²) >= 11 is 5.12. The summed E-state index contributed by atoms with van der Waals surface area (Å²) in [6, 6.07) is 0. The fourth-order valence-electron chi connectivity index (χ4n) is 1.56. The van der Waals surface area contributed by atoms with Gasteiger partial charge >= 0.3 is 0 Å². The summed E-state index contributed by atoms with van der Waals surface area (Å²) in [5, 5.41) is 7.04. The van der Waals surface area contributed by atoms with Crippen molar-refractivity contribution in [2.75, 3.05) is 26.8 Å². The zero-order valence-corrected chi connectivity index (χ0v) is 12.4. The number of rotatable bonds is 10. The maximum absolute atomic E-state index is 5.12. The predicted molar refractivity (Wildman–Crippen MR) is 78.4 cm³/mol. The average Bonchev–Trinajstić information content (AvgIpc) is 2.28. The molecule has 3 nitrogen and oxygen atoms in total. The van der Waals surface area contributed by atoms with E-state index in [0.29, 0.717) is 6.61 Å².